The minimum absolute atomic E-state index is 0.113. The number of hydrogen-bond acceptors (Lipinski definition) is 4. The Morgan fingerprint density at radius 1 is 0.500 bits per heavy atom. The van der Waals surface area contributed by atoms with Crippen LogP contribution in [0.5, 0.6) is 0 Å². The highest BCUT2D eigenvalue weighted by atomic mass is 19.4. The standard InChI is InChI=1S/C12H5F17O2.C5H8O2/c1-3(4(30)31-2)5(13,14)6(15,16)7(17,18)8(19,20)9(21,22)10(23,24)11(25,26)12(27,28)29;1-4(2)5(6)7-3/h1H2,2H3;1H2,2-3H3. The lowest BCUT2D eigenvalue weighted by atomic mass is 9.87. The van der Waals surface area contributed by atoms with Crippen LogP contribution < -0.4 is 0 Å². The second-order valence-electron chi connectivity index (χ2n) is 6.76. The lowest BCUT2D eigenvalue weighted by molar-refractivity contribution is -0.460. The summed E-state index contributed by atoms with van der Waals surface area (Å²) >= 11 is 0. The van der Waals surface area contributed by atoms with E-state index >= 15 is 0 Å². The lowest BCUT2D eigenvalue weighted by Gasteiger charge is -2.42. The zero-order valence-electron chi connectivity index (χ0n) is 18.5. The van der Waals surface area contributed by atoms with Gasteiger partial charge in [0.05, 0.1) is 14.2 Å². The molecule has 0 aromatic carbocycles. The maximum Gasteiger partial charge on any atom is 0.460 e. The van der Waals surface area contributed by atoms with E-state index in [1.807, 2.05) is 0 Å². The second kappa shape index (κ2) is 10.8. The second-order valence-corrected chi connectivity index (χ2v) is 6.76. The predicted octanol–water partition coefficient (Wildman–Crippen LogP) is 6.46. The van der Waals surface area contributed by atoms with E-state index in [0.29, 0.717) is 5.57 Å². The zero-order valence-corrected chi connectivity index (χ0v) is 18.5. The van der Waals surface area contributed by atoms with E-state index in [9.17, 15) is 84.2 Å². The molecule has 0 rings (SSSR count). The summed E-state index contributed by atoms with van der Waals surface area (Å²) in [5.74, 6) is -60.8. The van der Waals surface area contributed by atoms with Crippen LogP contribution in [-0.2, 0) is 19.1 Å². The summed E-state index contributed by atoms with van der Waals surface area (Å²) in [5, 5.41) is 0. The van der Waals surface area contributed by atoms with Gasteiger partial charge >= 0.3 is 59.6 Å². The van der Waals surface area contributed by atoms with E-state index in [1.165, 1.54) is 7.11 Å². The molecule has 0 aliphatic carbocycles. The third-order valence-electron chi connectivity index (χ3n) is 4.07. The molecule has 4 nitrogen and oxygen atoms in total. The first kappa shape index (κ1) is 37.4. The average Bonchev–Trinajstić information content (AvgIpc) is 2.75. The van der Waals surface area contributed by atoms with Crippen molar-refractivity contribution in [3.05, 3.63) is 24.3 Å². The molecule has 0 aromatic heterocycles. The summed E-state index contributed by atoms with van der Waals surface area (Å²) in [6, 6.07) is 0. The van der Waals surface area contributed by atoms with Gasteiger partial charge in [-0.25, -0.2) is 9.59 Å². The monoisotopic (exact) mass is 604 g/mol. The van der Waals surface area contributed by atoms with Crippen molar-refractivity contribution in [1.82, 2.24) is 0 Å². The number of halogens is 17. The van der Waals surface area contributed by atoms with Crippen molar-refractivity contribution in [2.75, 3.05) is 14.2 Å². The number of rotatable bonds is 9. The summed E-state index contributed by atoms with van der Waals surface area (Å²) in [7, 11) is 1.44. The third kappa shape index (κ3) is 5.64. The first-order valence-corrected chi connectivity index (χ1v) is 8.55. The van der Waals surface area contributed by atoms with Crippen LogP contribution in [0.2, 0.25) is 0 Å². The van der Waals surface area contributed by atoms with Crippen molar-refractivity contribution < 1.29 is 93.7 Å². The van der Waals surface area contributed by atoms with Crippen LogP contribution in [-0.4, -0.2) is 73.8 Å². The van der Waals surface area contributed by atoms with Crippen LogP contribution in [0, 0.1) is 0 Å². The van der Waals surface area contributed by atoms with E-state index < -0.39 is 59.2 Å². The number of ether oxygens (including phenoxy) is 2. The molecule has 38 heavy (non-hydrogen) atoms. The molecule has 224 valence electrons. The highest BCUT2D eigenvalue weighted by Crippen LogP contribution is 2.64. The fourth-order valence-corrected chi connectivity index (χ4v) is 1.78. The Hall–Kier alpha value is -2.77. The molecule has 0 saturated carbocycles. The SMILES string of the molecule is C=C(C(=O)OC)C(F)(F)C(F)(F)C(F)(F)C(F)(F)C(F)(F)C(F)(F)C(F)(F)C(F)(F)F.C=C(C)C(=O)OC. The Labute approximate surface area is 200 Å². The number of hydrogen-bond donors (Lipinski definition) is 0. The maximum absolute atomic E-state index is 13.4. The molecule has 0 aromatic rings. The topological polar surface area (TPSA) is 52.6 Å². The average molecular weight is 604 g/mol. The fourth-order valence-electron chi connectivity index (χ4n) is 1.78. The number of methoxy groups -OCH3 is 2. The summed E-state index contributed by atoms with van der Waals surface area (Å²) in [4.78, 5) is 20.9. The minimum Gasteiger partial charge on any atom is -0.466 e. The van der Waals surface area contributed by atoms with Crippen LogP contribution >= 0.6 is 0 Å². The summed E-state index contributed by atoms with van der Waals surface area (Å²) in [6.45, 7) is 6.71. The molecule has 0 aliphatic rings. The van der Waals surface area contributed by atoms with Crippen molar-refractivity contribution in [1.29, 1.82) is 0 Å². The molecule has 0 N–H and O–H groups in total. The van der Waals surface area contributed by atoms with Crippen molar-refractivity contribution in [2.24, 2.45) is 0 Å². The van der Waals surface area contributed by atoms with Gasteiger partial charge in [-0.05, 0) is 6.92 Å². The molecule has 0 aliphatic heterocycles. The first-order valence-electron chi connectivity index (χ1n) is 8.55. The van der Waals surface area contributed by atoms with Crippen molar-refractivity contribution in [3.63, 3.8) is 0 Å². The van der Waals surface area contributed by atoms with Crippen LogP contribution in [0.15, 0.2) is 24.3 Å². The smallest absolute Gasteiger partial charge is 0.460 e. The molecule has 0 heterocycles. The molecular formula is C17H13F17O4. The van der Waals surface area contributed by atoms with E-state index in [0.717, 1.165) is 0 Å². The summed E-state index contributed by atoms with van der Waals surface area (Å²) in [6.07, 6.45) is -7.82. The Bertz CT molecular complexity index is 918. The Morgan fingerprint density at radius 3 is 0.974 bits per heavy atom. The van der Waals surface area contributed by atoms with Gasteiger partial charge in [-0.1, -0.05) is 13.2 Å². The summed E-state index contributed by atoms with van der Waals surface area (Å²) in [5.41, 5.74) is -2.69. The molecule has 0 amide bonds. The number of alkyl halides is 17. The first-order chi connectivity index (χ1) is 16.3. The van der Waals surface area contributed by atoms with E-state index in [2.05, 4.69) is 16.1 Å². The molecule has 0 unspecified atom stereocenters. The predicted molar refractivity (Wildman–Crippen MR) is 88.7 cm³/mol. The van der Waals surface area contributed by atoms with Gasteiger partial charge in [0.15, 0.2) is 0 Å². The number of esters is 2. The zero-order chi connectivity index (χ0) is 31.7. The van der Waals surface area contributed by atoms with E-state index in [-0.39, 0.29) is 13.1 Å². The lowest BCUT2D eigenvalue weighted by Crippen LogP contribution is -2.74. The van der Waals surface area contributed by atoms with Crippen molar-refractivity contribution >= 4 is 11.9 Å². The van der Waals surface area contributed by atoms with Gasteiger partial charge in [-0.2, -0.15) is 74.6 Å². The normalized spacial score (nSPS) is 14.2. The van der Waals surface area contributed by atoms with Gasteiger partial charge in [-0.15, -0.1) is 0 Å². The largest absolute Gasteiger partial charge is 0.466 e. The Morgan fingerprint density at radius 2 is 0.763 bits per heavy atom. The van der Waals surface area contributed by atoms with Gasteiger partial charge in [0.2, 0.25) is 0 Å². The molecule has 0 saturated heterocycles. The fraction of sp³-hybridized carbons (Fsp3) is 0.647. The molecular weight excluding hydrogens is 591 g/mol. The summed E-state index contributed by atoms with van der Waals surface area (Å²) < 4.78 is 228. The molecule has 21 heteroatoms. The van der Waals surface area contributed by atoms with Crippen molar-refractivity contribution in [3.8, 4) is 0 Å². The van der Waals surface area contributed by atoms with Gasteiger partial charge in [-0.3, -0.25) is 0 Å². The number of carbonyl (C=O) groups is 2. The quantitative estimate of drug-likeness (QED) is 0.172. The van der Waals surface area contributed by atoms with Gasteiger partial charge in [0.1, 0.15) is 5.57 Å². The van der Waals surface area contributed by atoms with Crippen LogP contribution in [0.25, 0.3) is 0 Å². The Kier molecular flexibility index (Phi) is 10.6. The van der Waals surface area contributed by atoms with Gasteiger partial charge in [0, 0.05) is 5.57 Å². The highest BCUT2D eigenvalue weighted by Gasteiger charge is 2.95. The number of carbonyl (C=O) groups excluding carboxylic acids is 2. The van der Waals surface area contributed by atoms with Crippen LogP contribution in [0.4, 0.5) is 74.6 Å². The van der Waals surface area contributed by atoms with E-state index in [4.69, 9.17) is 0 Å². The molecule has 0 fully saturated rings. The maximum atomic E-state index is 13.4. The molecule has 0 radical (unpaired) electrons. The van der Waals surface area contributed by atoms with Gasteiger partial charge < -0.3 is 9.47 Å². The van der Waals surface area contributed by atoms with Gasteiger partial charge in [0.25, 0.3) is 0 Å². The van der Waals surface area contributed by atoms with E-state index in [1.54, 1.807) is 13.5 Å². The van der Waals surface area contributed by atoms with Crippen LogP contribution in [0.1, 0.15) is 6.92 Å². The third-order valence-corrected chi connectivity index (χ3v) is 4.07. The van der Waals surface area contributed by atoms with Crippen molar-refractivity contribution in [2.45, 2.75) is 54.6 Å². The molecule has 0 atom stereocenters. The molecule has 0 spiro atoms. The Balaban J connectivity index is 0. The molecule has 0 bridgehead atoms. The minimum atomic E-state index is -8.73. The highest BCUT2D eigenvalue weighted by molar-refractivity contribution is 5.89. The van der Waals surface area contributed by atoms with Crippen LogP contribution in [0.3, 0.4) is 0 Å².